The molecule has 172 valence electrons. The Balaban J connectivity index is 0.00000158. The SMILES string of the molecule is CC.N#Cc1c(N)nc(SCc2ccnc3[nH]ccc23)c(C#N)c1-c1ccc(OCCO)cc1. The molecule has 4 rings (SSSR count). The molecule has 0 radical (unpaired) electrons. The van der Waals surface area contributed by atoms with Gasteiger partial charge in [0.25, 0.3) is 0 Å². The van der Waals surface area contributed by atoms with Crippen LogP contribution >= 0.6 is 11.8 Å². The molecule has 0 aliphatic heterocycles. The molecule has 4 N–H and O–H groups in total. The number of rotatable bonds is 7. The summed E-state index contributed by atoms with van der Waals surface area (Å²) in [4.78, 5) is 11.7. The summed E-state index contributed by atoms with van der Waals surface area (Å²) in [5.41, 5.74) is 9.50. The Labute approximate surface area is 202 Å². The van der Waals surface area contributed by atoms with Gasteiger partial charge in [0, 0.05) is 29.1 Å². The molecule has 34 heavy (non-hydrogen) atoms. The monoisotopic (exact) mass is 472 g/mol. The van der Waals surface area contributed by atoms with Crippen LogP contribution in [0.4, 0.5) is 5.82 Å². The highest BCUT2D eigenvalue weighted by Crippen LogP contribution is 2.37. The number of hydrogen-bond acceptors (Lipinski definition) is 8. The molecule has 3 heterocycles. The lowest BCUT2D eigenvalue weighted by Crippen LogP contribution is -2.04. The van der Waals surface area contributed by atoms with Gasteiger partial charge in [-0.2, -0.15) is 10.5 Å². The van der Waals surface area contributed by atoms with Crippen molar-refractivity contribution in [1.82, 2.24) is 15.0 Å². The first-order valence-electron chi connectivity index (χ1n) is 10.7. The van der Waals surface area contributed by atoms with Crippen LogP contribution in [0, 0.1) is 22.7 Å². The van der Waals surface area contributed by atoms with E-state index in [2.05, 4.69) is 27.1 Å². The van der Waals surface area contributed by atoms with Gasteiger partial charge in [0.15, 0.2) is 0 Å². The number of pyridine rings is 2. The van der Waals surface area contributed by atoms with E-state index in [4.69, 9.17) is 15.6 Å². The van der Waals surface area contributed by atoms with Crippen LogP contribution in [-0.2, 0) is 5.75 Å². The van der Waals surface area contributed by atoms with Crippen LogP contribution in [0.5, 0.6) is 5.75 Å². The smallest absolute Gasteiger partial charge is 0.143 e. The molecule has 0 aliphatic carbocycles. The van der Waals surface area contributed by atoms with Crippen LogP contribution in [0.3, 0.4) is 0 Å². The van der Waals surface area contributed by atoms with Crippen molar-refractivity contribution in [2.45, 2.75) is 24.6 Å². The fourth-order valence-corrected chi connectivity index (χ4v) is 4.36. The Morgan fingerprint density at radius 3 is 2.50 bits per heavy atom. The quantitative estimate of drug-likeness (QED) is 0.330. The first kappa shape index (κ1) is 24.6. The number of fused-ring (bicyclic) bond motifs is 1. The molecule has 3 aromatic heterocycles. The lowest BCUT2D eigenvalue weighted by atomic mass is 9.97. The average molecular weight is 473 g/mol. The Morgan fingerprint density at radius 1 is 1.09 bits per heavy atom. The molecule has 0 spiro atoms. The van der Waals surface area contributed by atoms with Gasteiger partial charge in [-0.1, -0.05) is 26.0 Å². The molecule has 0 unspecified atom stereocenters. The molecular weight excluding hydrogens is 448 g/mol. The highest BCUT2D eigenvalue weighted by atomic mass is 32.2. The van der Waals surface area contributed by atoms with Crippen molar-refractivity contribution in [2.75, 3.05) is 18.9 Å². The van der Waals surface area contributed by atoms with Gasteiger partial charge < -0.3 is 20.6 Å². The molecule has 0 atom stereocenters. The van der Waals surface area contributed by atoms with Gasteiger partial charge in [0.2, 0.25) is 0 Å². The summed E-state index contributed by atoms with van der Waals surface area (Å²) in [6.45, 7) is 4.09. The minimum absolute atomic E-state index is 0.0751. The Bertz CT molecular complexity index is 1350. The zero-order chi connectivity index (χ0) is 24.5. The maximum atomic E-state index is 9.96. The van der Waals surface area contributed by atoms with Crippen LogP contribution in [0.2, 0.25) is 0 Å². The maximum absolute atomic E-state index is 9.96. The lowest BCUT2D eigenvalue weighted by Gasteiger charge is -2.14. The molecule has 1 aromatic carbocycles. The summed E-state index contributed by atoms with van der Waals surface area (Å²) in [7, 11) is 0. The van der Waals surface area contributed by atoms with Crippen LogP contribution in [0.1, 0.15) is 30.5 Å². The number of anilines is 1. The van der Waals surface area contributed by atoms with Gasteiger partial charge in [-0.25, -0.2) is 9.97 Å². The second-order valence-corrected chi connectivity index (χ2v) is 7.71. The van der Waals surface area contributed by atoms with E-state index in [-0.39, 0.29) is 24.6 Å². The van der Waals surface area contributed by atoms with Crippen molar-refractivity contribution in [3.05, 3.63) is 65.5 Å². The van der Waals surface area contributed by atoms with Crippen molar-refractivity contribution in [3.63, 3.8) is 0 Å². The third-order valence-corrected chi connectivity index (χ3v) is 5.86. The third-order valence-electron chi connectivity index (χ3n) is 4.83. The second-order valence-electron chi connectivity index (χ2n) is 6.75. The van der Waals surface area contributed by atoms with Crippen LogP contribution in [0.25, 0.3) is 22.2 Å². The zero-order valence-electron chi connectivity index (χ0n) is 18.9. The van der Waals surface area contributed by atoms with Gasteiger partial charge >= 0.3 is 0 Å². The van der Waals surface area contributed by atoms with Gasteiger partial charge in [0.1, 0.15) is 46.5 Å². The minimum atomic E-state index is -0.0904. The number of thioether (sulfide) groups is 1. The summed E-state index contributed by atoms with van der Waals surface area (Å²) >= 11 is 1.38. The van der Waals surface area contributed by atoms with E-state index < -0.39 is 0 Å². The largest absolute Gasteiger partial charge is 0.491 e. The fraction of sp³-hybridized carbons (Fsp3) is 0.200. The number of nitrogens with two attached hydrogens (primary N) is 1. The van der Waals surface area contributed by atoms with Gasteiger partial charge in [0.05, 0.1) is 12.2 Å². The lowest BCUT2D eigenvalue weighted by molar-refractivity contribution is 0.201. The van der Waals surface area contributed by atoms with Crippen molar-refractivity contribution in [1.29, 1.82) is 10.5 Å². The number of aromatic nitrogens is 3. The number of hydrogen-bond donors (Lipinski definition) is 3. The van der Waals surface area contributed by atoms with Crippen LogP contribution < -0.4 is 10.5 Å². The number of nitrogens with zero attached hydrogens (tertiary/aromatic N) is 4. The van der Waals surface area contributed by atoms with E-state index in [0.29, 0.717) is 33.2 Å². The number of nitrogens with one attached hydrogen (secondary N) is 1. The number of benzene rings is 1. The van der Waals surface area contributed by atoms with Gasteiger partial charge in [-0.3, -0.25) is 0 Å². The first-order chi connectivity index (χ1) is 16.7. The molecule has 0 bridgehead atoms. The number of nitrogen functional groups attached to an aromatic ring is 1. The Morgan fingerprint density at radius 2 is 1.82 bits per heavy atom. The molecule has 0 amide bonds. The molecule has 0 saturated carbocycles. The highest BCUT2D eigenvalue weighted by molar-refractivity contribution is 7.98. The summed E-state index contributed by atoms with van der Waals surface area (Å²) in [6.07, 6.45) is 3.56. The van der Waals surface area contributed by atoms with E-state index >= 15 is 0 Å². The number of H-pyrrole nitrogens is 1. The molecule has 4 aromatic rings. The van der Waals surface area contributed by atoms with Crippen molar-refractivity contribution in [2.24, 2.45) is 0 Å². The summed E-state index contributed by atoms with van der Waals surface area (Å²) in [5.74, 6) is 1.20. The number of aliphatic hydroxyl groups excluding tert-OH is 1. The standard InChI is InChI=1S/C23H18N6O2S.C2H6/c24-11-18-20(14-1-3-16(4-2-14)31-10-9-30)19(12-25)23(29-21(18)26)32-13-15-5-7-27-22-17(15)6-8-28-22;1-2/h1-8,30H,9-10,13H2,(H2,26,29)(H,27,28);1-2H3. The maximum Gasteiger partial charge on any atom is 0.143 e. The van der Waals surface area contributed by atoms with Crippen molar-refractivity contribution >= 4 is 28.6 Å². The van der Waals surface area contributed by atoms with Crippen molar-refractivity contribution < 1.29 is 9.84 Å². The molecule has 8 nitrogen and oxygen atoms in total. The normalized spacial score (nSPS) is 10.1. The predicted octanol–water partition coefficient (Wildman–Crippen LogP) is 4.64. The summed E-state index contributed by atoms with van der Waals surface area (Å²) < 4.78 is 5.39. The molecule has 0 fully saturated rings. The third kappa shape index (κ3) is 5.12. The fourth-order valence-electron chi connectivity index (χ4n) is 3.36. The van der Waals surface area contributed by atoms with Gasteiger partial charge in [-0.15, -0.1) is 11.8 Å². The molecule has 0 saturated heterocycles. The average Bonchev–Trinajstić information content (AvgIpc) is 3.37. The summed E-state index contributed by atoms with van der Waals surface area (Å²) in [5, 5.41) is 30.0. The number of ether oxygens (including phenoxy) is 1. The van der Waals surface area contributed by atoms with E-state index in [1.807, 2.05) is 32.2 Å². The minimum Gasteiger partial charge on any atom is -0.491 e. The molecule has 9 heteroatoms. The first-order valence-corrected chi connectivity index (χ1v) is 11.7. The van der Waals surface area contributed by atoms with E-state index in [1.54, 1.807) is 30.5 Å². The highest BCUT2D eigenvalue weighted by Gasteiger charge is 2.21. The topological polar surface area (TPSA) is 145 Å². The van der Waals surface area contributed by atoms with E-state index in [1.165, 1.54) is 11.8 Å². The number of aromatic amines is 1. The molecular formula is C25H24N6O2S. The predicted molar refractivity (Wildman–Crippen MR) is 133 cm³/mol. The Hall–Kier alpha value is -4.05. The second kappa shape index (κ2) is 11.7. The van der Waals surface area contributed by atoms with Crippen LogP contribution in [0.15, 0.2) is 53.8 Å². The number of nitriles is 2. The molecule has 0 aliphatic rings. The summed E-state index contributed by atoms with van der Waals surface area (Å²) in [6, 6.07) is 15.1. The van der Waals surface area contributed by atoms with E-state index in [0.717, 1.165) is 16.6 Å². The van der Waals surface area contributed by atoms with E-state index in [9.17, 15) is 10.5 Å². The zero-order valence-corrected chi connectivity index (χ0v) is 19.7. The van der Waals surface area contributed by atoms with Crippen LogP contribution in [-0.4, -0.2) is 33.3 Å². The number of aliphatic hydroxyl groups is 1. The van der Waals surface area contributed by atoms with Crippen molar-refractivity contribution in [3.8, 4) is 29.0 Å². The van der Waals surface area contributed by atoms with Gasteiger partial charge in [-0.05, 0) is 35.4 Å². The Kier molecular flexibility index (Phi) is 8.47.